The molecule has 2 rings (SSSR count). The lowest BCUT2D eigenvalue weighted by atomic mass is 9.85. The topological polar surface area (TPSA) is 75.4 Å². The van der Waals surface area contributed by atoms with E-state index in [4.69, 9.17) is 28.9 Å². The van der Waals surface area contributed by atoms with E-state index in [0.29, 0.717) is 5.56 Å². The van der Waals surface area contributed by atoms with Gasteiger partial charge in [0.15, 0.2) is 0 Å². The van der Waals surface area contributed by atoms with Gasteiger partial charge in [-0.3, -0.25) is 4.79 Å². The Morgan fingerprint density at radius 3 is 2.55 bits per heavy atom. The molecule has 1 aliphatic carbocycles. The number of amides is 1. The summed E-state index contributed by atoms with van der Waals surface area (Å²) in [4.78, 5) is 12.1. The van der Waals surface area contributed by atoms with Crippen molar-refractivity contribution in [2.24, 2.45) is 0 Å². The summed E-state index contributed by atoms with van der Waals surface area (Å²) in [5.74, 6) is -0.311. The second-order valence-corrected chi connectivity index (χ2v) is 6.11. The molecule has 1 aromatic carbocycles. The maximum Gasteiger partial charge on any atom is 0.251 e. The summed E-state index contributed by atoms with van der Waals surface area (Å²) in [6, 6.07) is 2.95. The molecule has 1 saturated carbocycles. The fourth-order valence-corrected chi connectivity index (χ4v) is 2.81. The van der Waals surface area contributed by atoms with Gasteiger partial charge >= 0.3 is 0 Å². The average Bonchev–Trinajstić information content (AvgIpc) is 2.42. The van der Waals surface area contributed by atoms with Crippen molar-refractivity contribution in [1.82, 2.24) is 5.32 Å². The van der Waals surface area contributed by atoms with Crippen LogP contribution in [0.5, 0.6) is 0 Å². The highest BCUT2D eigenvalue weighted by atomic mass is 35.5. The van der Waals surface area contributed by atoms with Crippen molar-refractivity contribution in [2.75, 3.05) is 12.3 Å². The minimum atomic E-state index is -0.796. The van der Waals surface area contributed by atoms with Crippen molar-refractivity contribution >= 4 is 34.8 Å². The van der Waals surface area contributed by atoms with Gasteiger partial charge in [0.2, 0.25) is 0 Å². The minimum Gasteiger partial charge on any atom is -0.397 e. The summed E-state index contributed by atoms with van der Waals surface area (Å²) >= 11 is 11.7. The van der Waals surface area contributed by atoms with Gasteiger partial charge in [-0.05, 0) is 25.0 Å². The molecule has 110 valence electrons. The lowest BCUT2D eigenvalue weighted by molar-refractivity contribution is 0.00526. The Labute approximate surface area is 128 Å². The molecule has 0 aliphatic heterocycles. The van der Waals surface area contributed by atoms with E-state index in [9.17, 15) is 9.90 Å². The molecule has 6 heteroatoms. The summed E-state index contributed by atoms with van der Waals surface area (Å²) in [5.41, 5.74) is 5.49. The van der Waals surface area contributed by atoms with Crippen molar-refractivity contribution in [3.63, 3.8) is 0 Å². The normalized spacial score (nSPS) is 17.8. The van der Waals surface area contributed by atoms with Crippen molar-refractivity contribution in [2.45, 2.75) is 37.7 Å². The summed E-state index contributed by atoms with van der Waals surface area (Å²) in [6.45, 7) is 0.242. The predicted molar refractivity (Wildman–Crippen MR) is 81.2 cm³/mol. The molecule has 0 saturated heterocycles. The number of hydrogen-bond donors (Lipinski definition) is 3. The number of anilines is 1. The molecule has 0 heterocycles. The molecule has 4 N–H and O–H groups in total. The molecule has 1 aliphatic rings. The van der Waals surface area contributed by atoms with Crippen molar-refractivity contribution in [3.05, 3.63) is 27.7 Å². The summed E-state index contributed by atoms with van der Waals surface area (Å²) in [7, 11) is 0. The molecule has 0 spiro atoms. The molecule has 1 amide bonds. The second-order valence-electron chi connectivity index (χ2n) is 5.33. The largest absolute Gasteiger partial charge is 0.397 e. The first-order valence-corrected chi connectivity index (χ1v) is 7.42. The molecule has 1 fully saturated rings. The number of nitrogens with two attached hydrogens (primary N) is 1. The van der Waals surface area contributed by atoms with E-state index in [0.717, 1.165) is 32.1 Å². The summed E-state index contributed by atoms with van der Waals surface area (Å²) < 4.78 is 0. The van der Waals surface area contributed by atoms with Gasteiger partial charge in [-0.2, -0.15) is 0 Å². The van der Waals surface area contributed by atoms with Crippen LogP contribution in [0.15, 0.2) is 12.1 Å². The van der Waals surface area contributed by atoms with Crippen LogP contribution in [-0.2, 0) is 0 Å². The molecule has 4 nitrogen and oxygen atoms in total. The number of nitrogen functional groups attached to an aromatic ring is 1. The maximum absolute atomic E-state index is 12.1. The molecular weight excluding hydrogens is 299 g/mol. The van der Waals surface area contributed by atoms with E-state index >= 15 is 0 Å². The molecule has 0 atom stereocenters. The minimum absolute atomic E-state index is 0.242. The first-order valence-electron chi connectivity index (χ1n) is 6.66. The zero-order valence-corrected chi connectivity index (χ0v) is 12.6. The van der Waals surface area contributed by atoms with Gasteiger partial charge in [-0.25, -0.2) is 0 Å². The number of carbonyl (C=O) groups is 1. The Hall–Kier alpha value is -0.970. The van der Waals surface area contributed by atoms with E-state index in [1.54, 1.807) is 0 Å². The van der Waals surface area contributed by atoms with Gasteiger partial charge in [-0.15, -0.1) is 0 Å². The van der Waals surface area contributed by atoms with Crippen molar-refractivity contribution in [1.29, 1.82) is 0 Å². The lowest BCUT2D eigenvalue weighted by Gasteiger charge is -2.32. The fourth-order valence-electron chi connectivity index (χ4n) is 2.47. The first-order chi connectivity index (χ1) is 9.41. The highest BCUT2D eigenvalue weighted by Crippen LogP contribution is 2.30. The zero-order chi connectivity index (χ0) is 14.8. The van der Waals surface area contributed by atoms with Gasteiger partial charge in [-0.1, -0.05) is 42.5 Å². The Bertz CT molecular complexity index is 491. The number of nitrogens with one attached hydrogen (secondary N) is 1. The number of hydrogen-bond acceptors (Lipinski definition) is 3. The molecule has 0 radical (unpaired) electrons. The summed E-state index contributed by atoms with van der Waals surface area (Å²) in [5, 5.41) is 13.6. The highest BCUT2D eigenvalue weighted by molar-refractivity contribution is 6.43. The van der Waals surface area contributed by atoms with E-state index in [1.807, 2.05) is 0 Å². The van der Waals surface area contributed by atoms with Gasteiger partial charge in [0.1, 0.15) is 0 Å². The number of aliphatic hydroxyl groups is 1. The standard InChI is InChI=1S/C14H18Cl2N2O2/c15-10-6-9(7-11(17)12(10)16)13(19)18-8-14(20)4-2-1-3-5-14/h6-7,20H,1-5,8,17H2,(H,18,19). The van der Waals surface area contributed by atoms with E-state index in [1.165, 1.54) is 12.1 Å². The van der Waals surface area contributed by atoms with E-state index in [2.05, 4.69) is 5.32 Å². The molecule has 0 aromatic heterocycles. The number of carbonyl (C=O) groups excluding carboxylic acids is 1. The van der Waals surface area contributed by atoms with E-state index < -0.39 is 5.60 Å². The van der Waals surface area contributed by atoms with Gasteiger partial charge in [0.25, 0.3) is 5.91 Å². The predicted octanol–water partition coefficient (Wildman–Crippen LogP) is 3.00. The Morgan fingerprint density at radius 2 is 1.95 bits per heavy atom. The second kappa shape index (κ2) is 6.20. The quantitative estimate of drug-likeness (QED) is 0.750. The molecule has 20 heavy (non-hydrogen) atoms. The third-order valence-electron chi connectivity index (χ3n) is 3.68. The van der Waals surface area contributed by atoms with Crippen LogP contribution < -0.4 is 11.1 Å². The monoisotopic (exact) mass is 316 g/mol. The van der Waals surface area contributed by atoms with E-state index in [-0.39, 0.29) is 28.2 Å². The number of rotatable bonds is 3. The van der Waals surface area contributed by atoms with Crippen LogP contribution in [0.25, 0.3) is 0 Å². The van der Waals surface area contributed by atoms with Gasteiger partial charge < -0.3 is 16.2 Å². The SMILES string of the molecule is Nc1cc(C(=O)NCC2(O)CCCCC2)cc(Cl)c1Cl. The smallest absolute Gasteiger partial charge is 0.251 e. The number of benzene rings is 1. The number of halogens is 2. The Morgan fingerprint density at radius 1 is 1.30 bits per heavy atom. The van der Waals surface area contributed by atoms with Crippen LogP contribution >= 0.6 is 23.2 Å². The third-order valence-corrected chi connectivity index (χ3v) is 4.50. The summed E-state index contributed by atoms with van der Waals surface area (Å²) in [6.07, 6.45) is 4.56. The maximum atomic E-state index is 12.1. The van der Waals surface area contributed by atoms with Crippen LogP contribution in [0.4, 0.5) is 5.69 Å². The van der Waals surface area contributed by atoms with Crippen LogP contribution in [0.3, 0.4) is 0 Å². The van der Waals surface area contributed by atoms with Crippen LogP contribution in [-0.4, -0.2) is 23.2 Å². The first kappa shape index (κ1) is 15.4. The lowest BCUT2D eigenvalue weighted by Crippen LogP contribution is -2.44. The van der Waals surface area contributed by atoms with Crippen LogP contribution in [0.2, 0.25) is 10.0 Å². The van der Waals surface area contributed by atoms with Gasteiger partial charge in [0.05, 0.1) is 21.3 Å². The van der Waals surface area contributed by atoms with Crippen LogP contribution in [0, 0.1) is 0 Å². The fraction of sp³-hybridized carbons (Fsp3) is 0.500. The van der Waals surface area contributed by atoms with Gasteiger partial charge in [0, 0.05) is 12.1 Å². The van der Waals surface area contributed by atoms with Crippen molar-refractivity contribution < 1.29 is 9.90 Å². The third kappa shape index (κ3) is 3.57. The van der Waals surface area contributed by atoms with Crippen LogP contribution in [0.1, 0.15) is 42.5 Å². The molecule has 0 unspecified atom stereocenters. The van der Waals surface area contributed by atoms with Crippen molar-refractivity contribution in [3.8, 4) is 0 Å². The molecule has 0 bridgehead atoms. The average molecular weight is 317 g/mol. The zero-order valence-electron chi connectivity index (χ0n) is 11.1. The Kier molecular flexibility index (Phi) is 4.78. The Balaban J connectivity index is 2.01. The highest BCUT2D eigenvalue weighted by Gasteiger charge is 2.29. The molecular formula is C14H18Cl2N2O2. The molecule has 1 aromatic rings.